The molecule has 0 radical (unpaired) electrons. The standard InChI is InChI=1S/C21H28N4O3/c1-21(2,3)28-20(27)25(14-16-7-9-17(22)10-8-16)19(26)24-12-11-15-5-4-6-18(23)13-15/h4-10,13H,11-12,14,22-23H2,1-3H3,(H,24,26). The first kappa shape index (κ1) is 21.1. The van der Waals surface area contributed by atoms with Gasteiger partial charge in [0, 0.05) is 17.9 Å². The lowest BCUT2D eigenvalue weighted by molar-refractivity contribution is 0.0309. The molecule has 3 amide bonds. The summed E-state index contributed by atoms with van der Waals surface area (Å²) in [7, 11) is 0. The van der Waals surface area contributed by atoms with Gasteiger partial charge in [-0.05, 0) is 62.6 Å². The molecule has 2 aromatic rings. The summed E-state index contributed by atoms with van der Waals surface area (Å²) in [6.45, 7) is 5.71. The van der Waals surface area contributed by atoms with Crippen LogP contribution in [0.15, 0.2) is 48.5 Å². The zero-order chi connectivity index (χ0) is 20.7. The first-order valence-corrected chi connectivity index (χ1v) is 9.11. The van der Waals surface area contributed by atoms with Crippen molar-refractivity contribution in [1.29, 1.82) is 0 Å². The van der Waals surface area contributed by atoms with Gasteiger partial charge in [-0.15, -0.1) is 0 Å². The maximum Gasteiger partial charge on any atom is 0.418 e. The van der Waals surface area contributed by atoms with E-state index in [4.69, 9.17) is 16.2 Å². The van der Waals surface area contributed by atoms with Gasteiger partial charge < -0.3 is 21.5 Å². The zero-order valence-electron chi connectivity index (χ0n) is 16.6. The number of nitrogens with zero attached hydrogens (tertiary/aromatic N) is 1. The SMILES string of the molecule is CC(C)(C)OC(=O)N(Cc1ccc(N)cc1)C(=O)NCCc1cccc(N)c1. The predicted molar refractivity (Wildman–Crippen MR) is 111 cm³/mol. The van der Waals surface area contributed by atoms with Crippen molar-refractivity contribution in [3.05, 3.63) is 59.7 Å². The fraction of sp³-hybridized carbons (Fsp3) is 0.333. The van der Waals surface area contributed by atoms with Gasteiger partial charge in [0.05, 0.1) is 6.54 Å². The van der Waals surface area contributed by atoms with Crippen LogP contribution in [0.5, 0.6) is 0 Å². The third-order valence-corrected chi connectivity index (χ3v) is 3.82. The average Bonchev–Trinajstić information content (AvgIpc) is 2.59. The summed E-state index contributed by atoms with van der Waals surface area (Å²) in [5.41, 5.74) is 13.8. The number of urea groups is 1. The Labute approximate surface area is 165 Å². The van der Waals surface area contributed by atoms with Crippen LogP contribution in [0.1, 0.15) is 31.9 Å². The number of hydrogen-bond acceptors (Lipinski definition) is 5. The van der Waals surface area contributed by atoms with Crippen molar-refractivity contribution in [2.75, 3.05) is 18.0 Å². The second-order valence-electron chi connectivity index (χ2n) is 7.54. The maximum absolute atomic E-state index is 12.7. The first-order valence-electron chi connectivity index (χ1n) is 9.11. The summed E-state index contributed by atoms with van der Waals surface area (Å²) < 4.78 is 5.38. The fourth-order valence-electron chi connectivity index (χ4n) is 2.50. The van der Waals surface area contributed by atoms with Crippen LogP contribution in [-0.4, -0.2) is 29.2 Å². The molecule has 7 nitrogen and oxygen atoms in total. The predicted octanol–water partition coefficient (Wildman–Crippen LogP) is 3.54. The minimum Gasteiger partial charge on any atom is -0.443 e. The van der Waals surface area contributed by atoms with Gasteiger partial charge in [0.2, 0.25) is 0 Å². The Morgan fingerprint density at radius 3 is 2.29 bits per heavy atom. The number of rotatable bonds is 5. The lowest BCUT2D eigenvalue weighted by Gasteiger charge is -2.26. The number of anilines is 2. The van der Waals surface area contributed by atoms with E-state index in [1.807, 2.05) is 18.2 Å². The molecule has 0 fully saturated rings. The molecule has 2 aromatic carbocycles. The van der Waals surface area contributed by atoms with Crippen molar-refractivity contribution in [3.8, 4) is 0 Å². The quantitative estimate of drug-likeness (QED) is 0.683. The van der Waals surface area contributed by atoms with Crippen LogP contribution >= 0.6 is 0 Å². The zero-order valence-corrected chi connectivity index (χ0v) is 16.6. The van der Waals surface area contributed by atoms with Crippen LogP contribution in [0, 0.1) is 0 Å². The second-order valence-corrected chi connectivity index (χ2v) is 7.54. The smallest absolute Gasteiger partial charge is 0.418 e. The van der Waals surface area contributed by atoms with Gasteiger partial charge in [-0.3, -0.25) is 0 Å². The van der Waals surface area contributed by atoms with E-state index in [0.29, 0.717) is 24.3 Å². The highest BCUT2D eigenvalue weighted by Crippen LogP contribution is 2.14. The number of ether oxygens (including phenoxy) is 1. The van der Waals surface area contributed by atoms with Crippen molar-refractivity contribution in [2.24, 2.45) is 0 Å². The van der Waals surface area contributed by atoms with Gasteiger partial charge in [0.15, 0.2) is 0 Å². The number of carbonyl (C=O) groups excluding carboxylic acids is 2. The van der Waals surface area contributed by atoms with E-state index in [-0.39, 0.29) is 6.54 Å². The number of hydrogen-bond donors (Lipinski definition) is 3. The number of imide groups is 1. The monoisotopic (exact) mass is 384 g/mol. The molecule has 28 heavy (non-hydrogen) atoms. The maximum atomic E-state index is 12.7. The van der Waals surface area contributed by atoms with Crippen LogP contribution in [0.3, 0.4) is 0 Å². The van der Waals surface area contributed by atoms with Gasteiger partial charge >= 0.3 is 12.1 Å². The molecule has 0 saturated carbocycles. The molecule has 5 N–H and O–H groups in total. The lowest BCUT2D eigenvalue weighted by Crippen LogP contribution is -2.46. The topological polar surface area (TPSA) is 111 Å². The van der Waals surface area contributed by atoms with Crippen molar-refractivity contribution in [2.45, 2.75) is 39.3 Å². The van der Waals surface area contributed by atoms with Gasteiger partial charge in [-0.25, -0.2) is 14.5 Å². The highest BCUT2D eigenvalue weighted by Gasteiger charge is 2.27. The van der Waals surface area contributed by atoms with Crippen LogP contribution in [0.4, 0.5) is 21.0 Å². The Bertz CT molecular complexity index is 813. The summed E-state index contributed by atoms with van der Waals surface area (Å²) in [6, 6.07) is 13.9. The molecule has 0 aliphatic heterocycles. The number of benzene rings is 2. The first-order chi connectivity index (χ1) is 13.1. The molecule has 150 valence electrons. The van der Waals surface area contributed by atoms with E-state index in [1.165, 1.54) is 0 Å². The molecule has 7 heteroatoms. The Morgan fingerprint density at radius 2 is 1.68 bits per heavy atom. The molecular weight excluding hydrogens is 356 g/mol. The van der Waals surface area contributed by atoms with Gasteiger partial charge in [-0.2, -0.15) is 0 Å². The normalized spacial score (nSPS) is 11.0. The van der Waals surface area contributed by atoms with Gasteiger partial charge in [-0.1, -0.05) is 24.3 Å². The van der Waals surface area contributed by atoms with Crippen molar-refractivity contribution < 1.29 is 14.3 Å². The summed E-state index contributed by atoms with van der Waals surface area (Å²) in [5, 5.41) is 2.77. The summed E-state index contributed by atoms with van der Waals surface area (Å²) in [6.07, 6.45) is -0.105. The Kier molecular flexibility index (Phi) is 6.87. The van der Waals surface area contributed by atoms with Crippen LogP contribution in [0.25, 0.3) is 0 Å². The van der Waals surface area contributed by atoms with E-state index in [1.54, 1.807) is 51.1 Å². The van der Waals surface area contributed by atoms with E-state index >= 15 is 0 Å². The molecule has 0 aromatic heterocycles. The van der Waals surface area contributed by atoms with Gasteiger partial charge in [0.1, 0.15) is 5.60 Å². The number of nitrogen functional groups attached to an aromatic ring is 2. The molecule has 0 bridgehead atoms. The summed E-state index contributed by atoms with van der Waals surface area (Å²) in [5.74, 6) is 0. The van der Waals surface area contributed by atoms with Crippen LogP contribution < -0.4 is 16.8 Å². The summed E-state index contributed by atoms with van der Waals surface area (Å²) >= 11 is 0. The molecule has 0 aliphatic rings. The van der Waals surface area contributed by atoms with Crippen molar-refractivity contribution in [1.82, 2.24) is 10.2 Å². The molecule has 0 spiro atoms. The minimum atomic E-state index is -0.710. The number of nitrogens with one attached hydrogen (secondary N) is 1. The second kappa shape index (κ2) is 9.12. The number of carbonyl (C=O) groups is 2. The molecule has 0 aliphatic carbocycles. The molecule has 0 saturated heterocycles. The molecule has 0 heterocycles. The van der Waals surface area contributed by atoms with Crippen LogP contribution in [0.2, 0.25) is 0 Å². The Morgan fingerprint density at radius 1 is 1.00 bits per heavy atom. The van der Waals surface area contributed by atoms with E-state index in [2.05, 4.69) is 5.32 Å². The minimum absolute atomic E-state index is 0.0827. The molecule has 0 unspecified atom stereocenters. The van der Waals surface area contributed by atoms with E-state index < -0.39 is 17.7 Å². The average molecular weight is 384 g/mol. The highest BCUT2D eigenvalue weighted by atomic mass is 16.6. The molecular formula is C21H28N4O3. The largest absolute Gasteiger partial charge is 0.443 e. The van der Waals surface area contributed by atoms with Crippen molar-refractivity contribution in [3.63, 3.8) is 0 Å². The van der Waals surface area contributed by atoms with Crippen molar-refractivity contribution >= 4 is 23.5 Å². The van der Waals surface area contributed by atoms with Gasteiger partial charge in [0.25, 0.3) is 0 Å². The fourth-order valence-corrected chi connectivity index (χ4v) is 2.50. The number of amides is 3. The number of nitrogens with two attached hydrogens (primary N) is 2. The molecule has 0 atom stereocenters. The van der Waals surface area contributed by atoms with E-state index in [0.717, 1.165) is 16.0 Å². The van der Waals surface area contributed by atoms with E-state index in [9.17, 15) is 9.59 Å². The lowest BCUT2D eigenvalue weighted by atomic mass is 10.1. The Hall–Kier alpha value is -3.22. The Balaban J connectivity index is 2.04. The third kappa shape index (κ3) is 6.83. The molecule has 2 rings (SSSR count). The summed E-state index contributed by atoms with van der Waals surface area (Å²) in [4.78, 5) is 26.3. The van der Waals surface area contributed by atoms with Crippen LogP contribution in [-0.2, 0) is 17.7 Å². The third-order valence-electron chi connectivity index (χ3n) is 3.82. The highest BCUT2D eigenvalue weighted by molar-refractivity contribution is 5.91.